The first-order chi connectivity index (χ1) is 9.63. The molecule has 20 heavy (non-hydrogen) atoms. The van der Waals surface area contributed by atoms with E-state index in [0.29, 0.717) is 12.1 Å². The Morgan fingerprint density at radius 1 is 1.10 bits per heavy atom. The van der Waals surface area contributed by atoms with E-state index in [0.717, 1.165) is 16.5 Å². The number of nitrogen functional groups attached to an aromatic ring is 1. The summed E-state index contributed by atoms with van der Waals surface area (Å²) in [7, 11) is 0. The Labute approximate surface area is 127 Å². The van der Waals surface area contributed by atoms with E-state index in [2.05, 4.69) is 34.1 Å². The SMILES string of the molecule is Nc1ccc(Br)cc1C(O)Cc1ccc2c(c1)CCC2. The lowest BCUT2D eigenvalue weighted by Gasteiger charge is -2.15. The minimum Gasteiger partial charge on any atom is -0.398 e. The number of halogens is 1. The highest BCUT2D eigenvalue weighted by Gasteiger charge is 2.15. The molecule has 3 rings (SSSR count). The van der Waals surface area contributed by atoms with Crippen molar-refractivity contribution in [3.8, 4) is 0 Å². The molecule has 3 heteroatoms. The molecule has 0 fully saturated rings. The van der Waals surface area contributed by atoms with Crippen LogP contribution in [0.3, 0.4) is 0 Å². The van der Waals surface area contributed by atoms with Gasteiger partial charge < -0.3 is 10.8 Å². The number of hydrogen-bond acceptors (Lipinski definition) is 2. The molecule has 0 saturated carbocycles. The van der Waals surface area contributed by atoms with E-state index in [-0.39, 0.29) is 0 Å². The van der Waals surface area contributed by atoms with Crippen LogP contribution >= 0.6 is 15.9 Å². The van der Waals surface area contributed by atoms with Crippen molar-refractivity contribution in [3.05, 3.63) is 63.1 Å². The van der Waals surface area contributed by atoms with Crippen LogP contribution in [0.15, 0.2) is 40.9 Å². The van der Waals surface area contributed by atoms with Crippen LogP contribution in [0.1, 0.15) is 34.8 Å². The fourth-order valence-electron chi connectivity index (χ4n) is 2.92. The molecule has 0 radical (unpaired) electrons. The number of aryl methyl sites for hydroxylation is 2. The smallest absolute Gasteiger partial charge is 0.0850 e. The predicted molar refractivity (Wildman–Crippen MR) is 85.7 cm³/mol. The molecule has 0 spiro atoms. The Morgan fingerprint density at radius 2 is 1.90 bits per heavy atom. The average molecular weight is 332 g/mol. The zero-order valence-corrected chi connectivity index (χ0v) is 12.9. The fourth-order valence-corrected chi connectivity index (χ4v) is 3.30. The molecule has 1 unspecified atom stereocenters. The first-order valence-electron chi connectivity index (χ1n) is 6.97. The normalized spacial score (nSPS) is 15.1. The average Bonchev–Trinajstić information content (AvgIpc) is 2.89. The molecule has 0 amide bonds. The molecule has 0 aromatic heterocycles. The number of benzene rings is 2. The van der Waals surface area contributed by atoms with E-state index < -0.39 is 6.10 Å². The molecular formula is C17H18BrNO. The van der Waals surface area contributed by atoms with Crippen molar-refractivity contribution in [2.75, 3.05) is 5.73 Å². The van der Waals surface area contributed by atoms with Crippen molar-refractivity contribution in [1.82, 2.24) is 0 Å². The number of anilines is 1. The highest BCUT2D eigenvalue weighted by Crippen LogP contribution is 2.29. The molecule has 2 aromatic rings. The van der Waals surface area contributed by atoms with Crippen LogP contribution in [-0.2, 0) is 19.3 Å². The second-order valence-corrected chi connectivity index (χ2v) is 6.37. The van der Waals surface area contributed by atoms with Gasteiger partial charge in [0.2, 0.25) is 0 Å². The zero-order valence-electron chi connectivity index (χ0n) is 11.3. The Hall–Kier alpha value is -1.32. The second-order valence-electron chi connectivity index (χ2n) is 5.45. The lowest BCUT2D eigenvalue weighted by molar-refractivity contribution is 0.179. The topological polar surface area (TPSA) is 46.2 Å². The number of hydrogen-bond donors (Lipinski definition) is 2. The van der Waals surface area contributed by atoms with Crippen LogP contribution in [0.25, 0.3) is 0 Å². The molecule has 3 N–H and O–H groups in total. The number of aliphatic hydroxyl groups is 1. The third-order valence-electron chi connectivity index (χ3n) is 4.00. The van der Waals surface area contributed by atoms with Gasteiger partial charge in [-0.05, 0) is 54.2 Å². The summed E-state index contributed by atoms with van der Waals surface area (Å²) in [6.45, 7) is 0. The quantitative estimate of drug-likeness (QED) is 0.840. The van der Waals surface area contributed by atoms with Gasteiger partial charge in [0.25, 0.3) is 0 Å². The fraction of sp³-hybridized carbons (Fsp3) is 0.294. The maximum absolute atomic E-state index is 10.4. The number of aliphatic hydroxyl groups excluding tert-OH is 1. The summed E-state index contributed by atoms with van der Waals surface area (Å²) < 4.78 is 0.940. The summed E-state index contributed by atoms with van der Waals surface area (Å²) in [4.78, 5) is 0. The number of rotatable bonds is 3. The molecule has 1 aliphatic rings. The number of nitrogens with two attached hydrogens (primary N) is 1. The third-order valence-corrected chi connectivity index (χ3v) is 4.49. The molecular weight excluding hydrogens is 314 g/mol. The summed E-state index contributed by atoms with van der Waals surface area (Å²) in [5, 5.41) is 10.4. The van der Waals surface area contributed by atoms with Crippen LogP contribution in [0.2, 0.25) is 0 Å². The van der Waals surface area contributed by atoms with Gasteiger partial charge in [-0.2, -0.15) is 0 Å². The van der Waals surface area contributed by atoms with E-state index in [1.807, 2.05) is 18.2 Å². The summed E-state index contributed by atoms with van der Waals surface area (Å²) in [5.41, 5.74) is 11.5. The van der Waals surface area contributed by atoms with Gasteiger partial charge >= 0.3 is 0 Å². The van der Waals surface area contributed by atoms with Crippen molar-refractivity contribution in [3.63, 3.8) is 0 Å². The Morgan fingerprint density at radius 3 is 2.75 bits per heavy atom. The number of fused-ring (bicyclic) bond motifs is 1. The van der Waals surface area contributed by atoms with Gasteiger partial charge in [0, 0.05) is 22.1 Å². The summed E-state index contributed by atoms with van der Waals surface area (Å²) in [6.07, 6.45) is 3.65. The Balaban J connectivity index is 1.82. The van der Waals surface area contributed by atoms with E-state index in [1.165, 1.54) is 29.5 Å². The van der Waals surface area contributed by atoms with Crippen molar-refractivity contribution < 1.29 is 5.11 Å². The van der Waals surface area contributed by atoms with Crippen molar-refractivity contribution in [2.45, 2.75) is 31.8 Å². The molecule has 0 heterocycles. The lowest BCUT2D eigenvalue weighted by atomic mass is 9.97. The summed E-state index contributed by atoms with van der Waals surface area (Å²) >= 11 is 3.42. The van der Waals surface area contributed by atoms with Crippen LogP contribution in [0, 0.1) is 0 Å². The van der Waals surface area contributed by atoms with Crippen LogP contribution in [-0.4, -0.2) is 5.11 Å². The minimum absolute atomic E-state index is 0.563. The molecule has 2 aromatic carbocycles. The van der Waals surface area contributed by atoms with E-state index in [4.69, 9.17) is 5.73 Å². The van der Waals surface area contributed by atoms with E-state index in [1.54, 1.807) is 0 Å². The van der Waals surface area contributed by atoms with E-state index >= 15 is 0 Å². The van der Waals surface area contributed by atoms with Crippen molar-refractivity contribution in [1.29, 1.82) is 0 Å². The van der Waals surface area contributed by atoms with Crippen molar-refractivity contribution in [2.24, 2.45) is 0 Å². The van der Waals surface area contributed by atoms with Gasteiger partial charge in [-0.15, -0.1) is 0 Å². The van der Waals surface area contributed by atoms with Gasteiger partial charge in [0.05, 0.1) is 6.10 Å². The maximum Gasteiger partial charge on any atom is 0.0850 e. The second kappa shape index (κ2) is 5.58. The highest BCUT2D eigenvalue weighted by molar-refractivity contribution is 9.10. The molecule has 1 aliphatic carbocycles. The largest absolute Gasteiger partial charge is 0.398 e. The maximum atomic E-state index is 10.4. The van der Waals surface area contributed by atoms with Gasteiger partial charge in [-0.25, -0.2) is 0 Å². The monoisotopic (exact) mass is 331 g/mol. The first kappa shape index (κ1) is 13.7. The minimum atomic E-state index is -0.563. The zero-order chi connectivity index (χ0) is 14.1. The van der Waals surface area contributed by atoms with Crippen LogP contribution < -0.4 is 5.73 Å². The molecule has 0 saturated heterocycles. The lowest BCUT2D eigenvalue weighted by Crippen LogP contribution is -2.05. The molecule has 104 valence electrons. The first-order valence-corrected chi connectivity index (χ1v) is 7.76. The third kappa shape index (κ3) is 2.74. The predicted octanol–water partition coefficient (Wildman–Crippen LogP) is 3.80. The summed E-state index contributed by atoms with van der Waals surface area (Å²) in [6, 6.07) is 12.2. The Bertz CT molecular complexity index is 639. The van der Waals surface area contributed by atoms with Gasteiger partial charge in [0.1, 0.15) is 0 Å². The molecule has 0 bridgehead atoms. The van der Waals surface area contributed by atoms with Crippen LogP contribution in [0.4, 0.5) is 5.69 Å². The standard InChI is InChI=1S/C17H18BrNO/c18-14-6-7-16(19)15(10-14)17(20)9-11-4-5-12-2-1-3-13(12)8-11/h4-8,10,17,20H,1-3,9,19H2. The summed E-state index contributed by atoms with van der Waals surface area (Å²) in [5.74, 6) is 0. The van der Waals surface area contributed by atoms with Crippen molar-refractivity contribution >= 4 is 21.6 Å². The van der Waals surface area contributed by atoms with Gasteiger partial charge in [-0.1, -0.05) is 34.1 Å². The molecule has 1 atom stereocenters. The highest BCUT2D eigenvalue weighted by atomic mass is 79.9. The van der Waals surface area contributed by atoms with Crippen LogP contribution in [0.5, 0.6) is 0 Å². The molecule has 2 nitrogen and oxygen atoms in total. The van der Waals surface area contributed by atoms with Gasteiger partial charge in [-0.3, -0.25) is 0 Å². The van der Waals surface area contributed by atoms with Gasteiger partial charge in [0.15, 0.2) is 0 Å². The molecule has 0 aliphatic heterocycles. The van der Waals surface area contributed by atoms with E-state index in [9.17, 15) is 5.11 Å². The Kier molecular flexibility index (Phi) is 3.81.